The zero-order valence-electron chi connectivity index (χ0n) is 11.1. The highest BCUT2D eigenvalue weighted by molar-refractivity contribution is 5.79. The van der Waals surface area contributed by atoms with E-state index in [1.54, 1.807) is 6.07 Å². The van der Waals surface area contributed by atoms with Crippen molar-refractivity contribution < 1.29 is 9.53 Å². The molecule has 0 aliphatic carbocycles. The minimum Gasteiger partial charge on any atom is -0.467 e. The Balaban J connectivity index is 2.35. The Hall–Kier alpha value is -2.16. The first kappa shape index (κ1) is 13.3. The molecule has 2 heterocycles. The van der Waals surface area contributed by atoms with E-state index >= 15 is 0 Å². The van der Waals surface area contributed by atoms with E-state index in [9.17, 15) is 4.79 Å². The average Bonchev–Trinajstić information content (AvgIpc) is 2.45. The zero-order valence-corrected chi connectivity index (χ0v) is 11.1. The number of hydrogen-bond acceptors (Lipinski definition) is 6. The fourth-order valence-electron chi connectivity index (χ4n) is 2.29. The van der Waals surface area contributed by atoms with Crippen molar-refractivity contribution in [2.24, 2.45) is 0 Å². The monoisotopic (exact) mass is 260 g/mol. The lowest BCUT2D eigenvalue weighted by atomic mass is 10.0. The van der Waals surface area contributed by atoms with Crippen LogP contribution in [0.3, 0.4) is 0 Å². The number of hydrogen-bond donors (Lipinski definition) is 0. The van der Waals surface area contributed by atoms with Gasteiger partial charge in [-0.25, -0.2) is 14.8 Å². The Bertz CT molecular complexity index is 524. The van der Waals surface area contributed by atoms with E-state index in [2.05, 4.69) is 9.97 Å². The predicted octanol–water partition coefficient (Wildman–Crippen LogP) is 1.19. The predicted molar refractivity (Wildman–Crippen MR) is 68.5 cm³/mol. The van der Waals surface area contributed by atoms with Crippen LogP contribution in [-0.4, -0.2) is 35.6 Å². The molecule has 1 aromatic heterocycles. The number of aromatic nitrogens is 2. The lowest BCUT2D eigenvalue weighted by Crippen LogP contribution is -2.46. The van der Waals surface area contributed by atoms with Gasteiger partial charge in [0.15, 0.2) is 0 Å². The third kappa shape index (κ3) is 2.81. The number of rotatable bonds is 2. The number of carbonyl (C=O) groups is 1. The quantitative estimate of drug-likeness (QED) is 0.743. The molecule has 0 saturated carbocycles. The molecule has 2 rings (SSSR count). The lowest BCUT2D eigenvalue weighted by Gasteiger charge is -2.33. The molecule has 1 aromatic rings. The summed E-state index contributed by atoms with van der Waals surface area (Å²) in [5.74, 6) is 0.162. The number of methoxy groups -OCH3 is 1. The Kier molecular flexibility index (Phi) is 3.95. The van der Waals surface area contributed by atoms with Gasteiger partial charge in [0.25, 0.3) is 0 Å². The number of carbonyl (C=O) groups excluding carboxylic acids is 1. The number of ether oxygens (including phenoxy) is 1. The van der Waals surface area contributed by atoms with E-state index in [-0.39, 0.29) is 12.0 Å². The molecule has 1 atom stereocenters. The molecule has 0 spiro atoms. The number of nitriles is 1. The van der Waals surface area contributed by atoms with Crippen molar-refractivity contribution in [3.8, 4) is 6.07 Å². The number of esters is 1. The molecule has 1 aliphatic rings. The number of anilines is 1. The van der Waals surface area contributed by atoms with Gasteiger partial charge < -0.3 is 9.64 Å². The van der Waals surface area contributed by atoms with Crippen molar-refractivity contribution in [1.29, 1.82) is 5.26 Å². The largest absolute Gasteiger partial charge is 0.467 e. The van der Waals surface area contributed by atoms with Crippen LogP contribution in [0, 0.1) is 18.3 Å². The van der Waals surface area contributed by atoms with Gasteiger partial charge in [-0.3, -0.25) is 0 Å². The summed E-state index contributed by atoms with van der Waals surface area (Å²) in [7, 11) is 1.38. The normalized spacial score (nSPS) is 18.8. The van der Waals surface area contributed by atoms with E-state index in [0.29, 0.717) is 18.2 Å². The third-order valence-electron chi connectivity index (χ3n) is 3.19. The van der Waals surface area contributed by atoms with E-state index in [1.165, 1.54) is 7.11 Å². The Morgan fingerprint density at radius 2 is 2.32 bits per heavy atom. The highest BCUT2D eigenvalue weighted by Gasteiger charge is 2.31. The van der Waals surface area contributed by atoms with E-state index < -0.39 is 0 Å². The number of nitrogens with zero attached hydrogens (tertiary/aromatic N) is 4. The van der Waals surface area contributed by atoms with E-state index in [0.717, 1.165) is 25.0 Å². The van der Waals surface area contributed by atoms with Gasteiger partial charge in [0.2, 0.25) is 5.95 Å². The summed E-state index contributed by atoms with van der Waals surface area (Å²) in [5.41, 5.74) is 1.03. The van der Waals surface area contributed by atoms with Crippen molar-refractivity contribution >= 4 is 11.9 Å². The summed E-state index contributed by atoms with van der Waals surface area (Å²) in [4.78, 5) is 22.2. The maximum Gasteiger partial charge on any atom is 0.328 e. The van der Waals surface area contributed by atoms with Gasteiger partial charge >= 0.3 is 5.97 Å². The molecule has 0 bridgehead atoms. The van der Waals surface area contributed by atoms with Crippen LogP contribution >= 0.6 is 0 Å². The maximum absolute atomic E-state index is 11.8. The molecule has 6 nitrogen and oxygen atoms in total. The molecule has 1 aliphatic heterocycles. The minimum absolute atomic E-state index is 0.275. The summed E-state index contributed by atoms with van der Waals surface area (Å²) in [6, 6.07) is 3.28. The van der Waals surface area contributed by atoms with E-state index in [1.807, 2.05) is 17.9 Å². The summed E-state index contributed by atoms with van der Waals surface area (Å²) in [5, 5.41) is 8.96. The molecule has 1 fully saturated rings. The van der Waals surface area contributed by atoms with Gasteiger partial charge in [-0.15, -0.1) is 0 Å². The molecule has 0 N–H and O–H groups in total. The summed E-state index contributed by atoms with van der Waals surface area (Å²) in [6.07, 6.45) is 2.69. The Morgan fingerprint density at radius 1 is 1.53 bits per heavy atom. The second-order valence-corrected chi connectivity index (χ2v) is 4.53. The number of piperidine rings is 1. The standard InChI is InChI=1S/C13H16N4O2/c1-9-7-10(8-14)16-13(15-9)17-6-4-3-5-11(17)12(18)19-2/h7,11H,3-6H2,1-2H3. The van der Waals surface area contributed by atoms with Crippen LogP contribution < -0.4 is 4.90 Å². The first-order valence-corrected chi connectivity index (χ1v) is 6.26. The first-order chi connectivity index (χ1) is 9.15. The topological polar surface area (TPSA) is 79.1 Å². The molecule has 100 valence electrons. The molecular weight excluding hydrogens is 244 g/mol. The molecule has 6 heteroatoms. The van der Waals surface area contributed by atoms with Gasteiger partial charge in [0.05, 0.1) is 7.11 Å². The SMILES string of the molecule is COC(=O)C1CCCCN1c1nc(C)cc(C#N)n1. The van der Waals surface area contributed by atoms with Gasteiger partial charge in [-0.1, -0.05) is 0 Å². The summed E-state index contributed by atoms with van der Waals surface area (Å²) < 4.78 is 4.83. The fraction of sp³-hybridized carbons (Fsp3) is 0.538. The smallest absolute Gasteiger partial charge is 0.328 e. The minimum atomic E-state index is -0.355. The number of aryl methyl sites for hydroxylation is 1. The lowest BCUT2D eigenvalue weighted by molar-refractivity contribution is -0.142. The van der Waals surface area contributed by atoms with Crippen molar-refractivity contribution in [2.45, 2.75) is 32.2 Å². The second-order valence-electron chi connectivity index (χ2n) is 4.53. The highest BCUT2D eigenvalue weighted by atomic mass is 16.5. The van der Waals surface area contributed by atoms with Gasteiger partial charge in [0.1, 0.15) is 17.8 Å². The molecule has 0 amide bonds. The highest BCUT2D eigenvalue weighted by Crippen LogP contribution is 2.23. The van der Waals surface area contributed by atoms with Gasteiger partial charge in [0, 0.05) is 12.2 Å². The third-order valence-corrected chi connectivity index (χ3v) is 3.19. The molecule has 19 heavy (non-hydrogen) atoms. The molecular formula is C13H16N4O2. The van der Waals surface area contributed by atoms with E-state index in [4.69, 9.17) is 10.00 Å². The fourth-order valence-corrected chi connectivity index (χ4v) is 2.29. The zero-order chi connectivity index (χ0) is 13.8. The van der Waals surface area contributed by atoms with Crippen LogP contribution in [0.2, 0.25) is 0 Å². The molecule has 1 unspecified atom stereocenters. The van der Waals surface area contributed by atoms with Crippen molar-refractivity contribution in [2.75, 3.05) is 18.6 Å². The van der Waals surface area contributed by atoms with Crippen molar-refractivity contribution in [1.82, 2.24) is 9.97 Å². The Morgan fingerprint density at radius 3 is 3.00 bits per heavy atom. The average molecular weight is 260 g/mol. The van der Waals surface area contributed by atoms with Gasteiger partial charge in [-0.05, 0) is 32.3 Å². The summed E-state index contributed by atoms with van der Waals surface area (Å²) >= 11 is 0. The second kappa shape index (κ2) is 5.65. The van der Waals surface area contributed by atoms with Crippen LogP contribution in [0.5, 0.6) is 0 Å². The summed E-state index contributed by atoms with van der Waals surface area (Å²) in [6.45, 7) is 2.51. The molecule has 0 radical (unpaired) electrons. The molecule has 0 aromatic carbocycles. The van der Waals surface area contributed by atoms with Crippen LogP contribution in [0.4, 0.5) is 5.95 Å². The van der Waals surface area contributed by atoms with Crippen LogP contribution in [0.25, 0.3) is 0 Å². The molecule has 1 saturated heterocycles. The van der Waals surface area contributed by atoms with Crippen LogP contribution in [-0.2, 0) is 9.53 Å². The van der Waals surface area contributed by atoms with Crippen LogP contribution in [0.15, 0.2) is 6.07 Å². The first-order valence-electron chi connectivity index (χ1n) is 6.26. The van der Waals surface area contributed by atoms with Crippen molar-refractivity contribution in [3.63, 3.8) is 0 Å². The van der Waals surface area contributed by atoms with Crippen molar-refractivity contribution in [3.05, 3.63) is 17.5 Å². The maximum atomic E-state index is 11.8. The van der Waals surface area contributed by atoms with Gasteiger partial charge in [-0.2, -0.15) is 5.26 Å². The van der Waals surface area contributed by atoms with Crippen LogP contribution in [0.1, 0.15) is 30.7 Å². The Labute approximate surface area is 112 Å².